The zero-order chi connectivity index (χ0) is 21.1. The lowest BCUT2D eigenvalue weighted by atomic mass is 10.1. The van der Waals surface area contributed by atoms with E-state index in [4.69, 9.17) is 4.98 Å². The van der Waals surface area contributed by atoms with Crippen molar-refractivity contribution < 1.29 is 13.2 Å². The lowest BCUT2D eigenvalue weighted by molar-refractivity contribution is -0.118. The van der Waals surface area contributed by atoms with Gasteiger partial charge in [0.2, 0.25) is 15.9 Å². The van der Waals surface area contributed by atoms with Gasteiger partial charge < -0.3 is 4.90 Å². The van der Waals surface area contributed by atoms with Crippen LogP contribution < -0.4 is 4.90 Å². The van der Waals surface area contributed by atoms with Gasteiger partial charge in [0, 0.05) is 20.1 Å². The van der Waals surface area contributed by atoms with Crippen LogP contribution in [-0.4, -0.2) is 74.5 Å². The van der Waals surface area contributed by atoms with Crippen molar-refractivity contribution in [2.75, 3.05) is 50.9 Å². The van der Waals surface area contributed by atoms with Crippen LogP contribution in [0.4, 0.5) is 5.13 Å². The summed E-state index contributed by atoms with van der Waals surface area (Å²) in [5, 5.41) is 0.614. The third-order valence-corrected chi connectivity index (χ3v) is 7.37. The zero-order valence-electron chi connectivity index (χ0n) is 17.9. The molecule has 1 amide bonds. The van der Waals surface area contributed by atoms with E-state index in [9.17, 15) is 13.2 Å². The molecule has 0 saturated heterocycles. The Balaban J connectivity index is 0.00000420. The summed E-state index contributed by atoms with van der Waals surface area (Å²) in [6.45, 7) is 11.0. The molecule has 0 fully saturated rings. The fourth-order valence-electron chi connectivity index (χ4n) is 2.83. The maximum atomic E-state index is 13.0. The van der Waals surface area contributed by atoms with Gasteiger partial charge >= 0.3 is 0 Å². The Labute approximate surface area is 184 Å². The van der Waals surface area contributed by atoms with Gasteiger partial charge in [-0.3, -0.25) is 9.69 Å². The number of hydrogen-bond acceptors (Lipinski definition) is 6. The van der Waals surface area contributed by atoms with Gasteiger partial charge in [0.15, 0.2) is 5.13 Å². The molecule has 0 radical (unpaired) electrons. The summed E-state index contributed by atoms with van der Waals surface area (Å²) in [6, 6.07) is 4.08. The second-order valence-corrected chi connectivity index (χ2v) is 10.0. The van der Waals surface area contributed by atoms with Crippen molar-refractivity contribution in [1.29, 1.82) is 0 Å². The molecule has 0 saturated carbocycles. The summed E-state index contributed by atoms with van der Waals surface area (Å²) < 4.78 is 25.6. The second kappa shape index (κ2) is 10.7. The number of anilines is 1. The molecule has 0 aliphatic rings. The molecule has 0 bridgehead atoms. The van der Waals surface area contributed by atoms with Crippen LogP contribution in [0.25, 0.3) is 10.2 Å². The molecular formula is C19H31ClN4O3S2. The highest BCUT2D eigenvalue weighted by molar-refractivity contribution is 7.88. The molecule has 1 aromatic carbocycles. The Morgan fingerprint density at radius 3 is 2.31 bits per heavy atom. The molecule has 7 nitrogen and oxygen atoms in total. The first kappa shape index (κ1) is 25.8. The van der Waals surface area contributed by atoms with Crippen LogP contribution in [0.5, 0.6) is 0 Å². The van der Waals surface area contributed by atoms with Gasteiger partial charge in [0.1, 0.15) is 0 Å². The van der Waals surface area contributed by atoms with Crippen molar-refractivity contribution in [3.8, 4) is 0 Å². The minimum absolute atomic E-state index is 0. The van der Waals surface area contributed by atoms with Crippen LogP contribution in [0.3, 0.4) is 0 Å². The molecule has 1 heterocycles. The molecule has 0 N–H and O–H groups in total. The number of fused-ring (bicyclic) bond motifs is 1. The number of carbonyl (C=O) groups is 1. The third-order valence-electron chi connectivity index (χ3n) is 5.06. The van der Waals surface area contributed by atoms with Crippen LogP contribution in [0.15, 0.2) is 12.1 Å². The minimum atomic E-state index is -3.43. The van der Waals surface area contributed by atoms with Gasteiger partial charge in [-0.2, -0.15) is 4.31 Å². The maximum Gasteiger partial charge on any atom is 0.244 e. The molecule has 2 rings (SSSR count). The largest absolute Gasteiger partial charge is 0.302 e. The number of rotatable bonds is 9. The molecule has 0 atom stereocenters. The average Bonchev–Trinajstić information content (AvgIpc) is 3.05. The molecule has 1 aromatic heterocycles. The van der Waals surface area contributed by atoms with Crippen molar-refractivity contribution in [1.82, 2.24) is 14.2 Å². The Morgan fingerprint density at radius 2 is 1.76 bits per heavy atom. The van der Waals surface area contributed by atoms with E-state index >= 15 is 0 Å². The molecule has 10 heteroatoms. The number of amides is 1. The monoisotopic (exact) mass is 462 g/mol. The molecule has 2 aromatic rings. The minimum Gasteiger partial charge on any atom is -0.302 e. The topological polar surface area (TPSA) is 73.8 Å². The highest BCUT2D eigenvalue weighted by atomic mass is 35.5. The number of carbonyl (C=O) groups excluding carboxylic acids is 1. The number of nitrogens with zero attached hydrogens (tertiary/aromatic N) is 4. The number of aromatic nitrogens is 1. The Kier molecular flexibility index (Phi) is 9.49. The summed E-state index contributed by atoms with van der Waals surface area (Å²) in [5.74, 6) is -0.270. The van der Waals surface area contributed by atoms with Gasteiger partial charge in [0.25, 0.3) is 0 Å². The number of sulfonamides is 1. The fraction of sp³-hybridized carbons (Fsp3) is 0.579. The molecule has 164 valence electrons. The number of likely N-dealkylation sites (N-methyl/N-ethyl adjacent to an activating group) is 2. The Hall–Kier alpha value is -1.26. The molecule has 0 spiro atoms. The lowest BCUT2D eigenvalue weighted by Crippen LogP contribution is -2.44. The van der Waals surface area contributed by atoms with Crippen molar-refractivity contribution in [3.63, 3.8) is 0 Å². The van der Waals surface area contributed by atoms with E-state index in [0.29, 0.717) is 18.2 Å². The third kappa shape index (κ3) is 6.36. The summed E-state index contributed by atoms with van der Waals surface area (Å²) in [4.78, 5) is 21.6. The van der Waals surface area contributed by atoms with Gasteiger partial charge in [-0.25, -0.2) is 13.4 Å². The highest BCUT2D eigenvalue weighted by Gasteiger charge is 2.24. The molecule has 29 heavy (non-hydrogen) atoms. The van der Waals surface area contributed by atoms with Crippen LogP contribution in [0, 0.1) is 13.8 Å². The number of hydrogen-bond donors (Lipinski definition) is 0. The van der Waals surface area contributed by atoms with E-state index in [-0.39, 0.29) is 24.9 Å². The smallest absolute Gasteiger partial charge is 0.244 e. The zero-order valence-corrected chi connectivity index (χ0v) is 20.4. The maximum absolute atomic E-state index is 13.0. The first-order valence-electron chi connectivity index (χ1n) is 9.39. The predicted octanol–water partition coefficient (Wildman–Crippen LogP) is 2.90. The molecule has 0 aliphatic heterocycles. The van der Waals surface area contributed by atoms with E-state index in [1.54, 1.807) is 4.90 Å². The molecule has 0 aliphatic carbocycles. The van der Waals surface area contributed by atoms with Crippen LogP contribution in [0.2, 0.25) is 0 Å². The standard InChI is InChI=1S/C19H30N4O3S2.ClH/c1-7-22(8-2)11-12-23(17(24)13-21(5)28(6,25)26)19-20-18-15(4)14(3)9-10-16(18)27-19;/h9-10H,7-8,11-13H2,1-6H3;1H. The number of benzene rings is 1. The molecule has 0 unspecified atom stereocenters. The van der Waals surface area contributed by atoms with Gasteiger partial charge in [-0.1, -0.05) is 31.3 Å². The first-order valence-corrected chi connectivity index (χ1v) is 12.1. The number of aryl methyl sites for hydroxylation is 2. The SMILES string of the molecule is CCN(CC)CCN(C(=O)CN(C)S(C)(=O)=O)c1nc2c(C)c(C)ccc2s1.Cl. The van der Waals surface area contributed by atoms with Crippen molar-refractivity contribution in [2.24, 2.45) is 0 Å². The van der Waals surface area contributed by atoms with Crippen LogP contribution >= 0.6 is 23.7 Å². The lowest BCUT2D eigenvalue weighted by Gasteiger charge is -2.26. The molecular weight excluding hydrogens is 432 g/mol. The van der Waals surface area contributed by atoms with E-state index in [1.165, 1.54) is 18.4 Å². The van der Waals surface area contributed by atoms with E-state index < -0.39 is 10.0 Å². The van der Waals surface area contributed by atoms with Crippen molar-refractivity contribution in [2.45, 2.75) is 27.7 Å². The highest BCUT2D eigenvalue weighted by Crippen LogP contribution is 2.32. The van der Waals surface area contributed by atoms with Crippen molar-refractivity contribution >= 4 is 55.0 Å². The summed E-state index contributed by atoms with van der Waals surface area (Å²) in [5.41, 5.74) is 3.16. The summed E-state index contributed by atoms with van der Waals surface area (Å²) >= 11 is 1.47. The van der Waals surface area contributed by atoms with E-state index in [0.717, 1.165) is 45.0 Å². The van der Waals surface area contributed by atoms with E-state index in [1.807, 2.05) is 19.9 Å². The summed E-state index contributed by atoms with van der Waals surface area (Å²) in [7, 11) is -2.01. The van der Waals surface area contributed by atoms with Crippen LogP contribution in [-0.2, 0) is 14.8 Å². The Morgan fingerprint density at radius 1 is 1.14 bits per heavy atom. The first-order chi connectivity index (χ1) is 13.1. The number of halogens is 1. The normalized spacial score (nSPS) is 11.9. The second-order valence-electron chi connectivity index (χ2n) is 6.94. The van der Waals surface area contributed by atoms with Crippen LogP contribution in [0.1, 0.15) is 25.0 Å². The number of thiazole rings is 1. The Bertz CT molecular complexity index is 942. The van der Waals surface area contributed by atoms with E-state index in [2.05, 4.69) is 24.8 Å². The average molecular weight is 463 g/mol. The summed E-state index contributed by atoms with van der Waals surface area (Å²) in [6.07, 6.45) is 1.10. The quantitative estimate of drug-likeness (QED) is 0.572. The predicted molar refractivity (Wildman–Crippen MR) is 124 cm³/mol. The van der Waals surface area contributed by atoms with Crippen molar-refractivity contribution in [3.05, 3.63) is 23.3 Å². The van der Waals surface area contributed by atoms with Gasteiger partial charge in [-0.15, -0.1) is 12.4 Å². The van der Waals surface area contributed by atoms with Gasteiger partial charge in [0.05, 0.1) is 23.0 Å². The fourth-order valence-corrected chi connectivity index (χ4v) is 4.24. The van der Waals surface area contributed by atoms with Gasteiger partial charge in [-0.05, 0) is 44.1 Å².